The molecule has 3 N–H and O–H groups in total. The second-order valence-electron chi connectivity index (χ2n) is 4.59. The Morgan fingerprint density at radius 1 is 1.58 bits per heavy atom. The maximum atomic E-state index is 11.9. The van der Waals surface area contributed by atoms with Gasteiger partial charge in [0, 0.05) is 5.69 Å². The van der Waals surface area contributed by atoms with Gasteiger partial charge in [0.1, 0.15) is 11.7 Å². The predicted octanol–water partition coefficient (Wildman–Crippen LogP) is 1.68. The van der Waals surface area contributed by atoms with Crippen LogP contribution in [0.25, 0.3) is 0 Å². The maximum absolute atomic E-state index is 11.9. The van der Waals surface area contributed by atoms with Crippen molar-refractivity contribution in [3.8, 4) is 0 Å². The van der Waals surface area contributed by atoms with Crippen LogP contribution in [0.2, 0.25) is 0 Å². The summed E-state index contributed by atoms with van der Waals surface area (Å²) in [7, 11) is 0. The van der Waals surface area contributed by atoms with Gasteiger partial charge in [-0.05, 0) is 24.8 Å². The lowest BCUT2D eigenvalue weighted by molar-refractivity contribution is -0.139. The fraction of sp³-hybridized carbons (Fsp3) is 0.462. The highest BCUT2D eigenvalue weighted by Crippen LogP contribution is 2.12. The van der Waals surface area contributed by atoms with Gasteiger partial charge in [-0.1, -0.05) is 19.9 Å². The molecule has 0 saturated carbocycles. The van der Waals surface area contributed by atoms with Crippen LogP contribution in [0.5, 0.6) is 0 Å². The van der Waals surface area contributed by atoms with Crippen molar-refractivity contribution < 1.29 is 14.7 Å². The lowest BCUT2D eigenvalue weighted by Crippen LogP contribution is -2.40. The Labute approximate surface area is 111 Å². The highest BCUT2D eigenvalue weighted by molar-refractivity contribution is 5.95. The Hall–Kier alpha value is -2.11. The number of amides is 1. The summed E-state index contributed by atoms with van der Waals surface area (Å²) < 4.78 is 0. The van der Waals surface area contributed by atoms with E-state index in [4.69, 9.17) is 5.11 Å². The van der Waals surface area contributed by atoms with Crippen molar-refractivity contribution in [2.24, 2.45) is 0 Å². The Bertz CT molecular complexity index is 465. The van der Waals surface area contributed by atoms with Gasteiger partial charge in [-0.15, -0.1) is 6.58 Å². The number of aliphatic carboxylic acids is 1. The van der Waals surface area contributed by atoms with E-state index >= 15 is 0 Å². The number of H-pyrrole nitrogens is 1. The summed E-state index contributed by atoms with van der Waals surface area (Å²) in [4.78, 5) is 22.9. The van der Waals surface area contributed by atoms with Crippen molar-refractivity contribution in [2.45, 2.75) is 38.6 Å². The average Bonchev–Trinajstić information content (AvgIpc) is 2.83. The number of carboxylic acids is 1. The molecule has 0 aromatic carbocycles. The van der Waals surface area contributed by atoms with Crippen LogP contribution in [-0.2, 0) is 4.79 Å². The molecule has 19 heavy (non-hydrogen) atoms. The molecule has 6 nitrogen and oxygen atoms in total. The minimum Gasteiger partial charge on any atom is -0.480 e. The van der Waals surface area contributed by atoms with Crippen molar-refractivity contribution in [3.63, 3.8) is 0 Å². The third kappa shape index (κ3) is 4.24. The monoisotopic (exact) mass is 265 g/mol. The molecule has 0 saturated heterocycles. The first-order valence-electron chi connectivity index (χ1n) is 6.15. The SMILES string of the molecule is C=CCCC(NC(=O)c1cc(C(C)C)[nH]n1)C(=O)O. The first kappa shape index (κ1) is 14.9. The Morgan fingerprint density at radius 3 is 2.74 bits per heavy atom. The van der Waals surface area contributed by atoms with Crippen LogP contribution in [0, 0.1) is 0 Å². The number of carboxylic acid groups (broad SMARTS) is 1. The quantitative estimate of drug-likeness (QED) is 0.654. The number of aromatic amines is 1. The molecule has 0 bridgehead atoms. The summed E-state index contributed by atoms with van der Waals surface area (Å²) in [5, 5.41) is 18.1. The number of nitrogens with one attached hydrogen (secondary N) is 2. The summed E-state index contributed by atoms with van der Waals surface area (Å²) in [6, 6.07) is 0.705. The van der Waals surface area contributed by atoms with E-state index in [0.717, 1.165) is 5.69 Å². The number of hydrogen-bond acceptors (Lipinski definition) is 3. The number of allylic oxidation sites excluding steroid dienone is 1. The Kier molecular flexibility index (Phi) is 5.29. The van der Waals surface area contributed by atoms with E-state index in [1.54, 1.807) is 12.1 Å². The number of carbonyl (C=O) groups is 2. The fourth-order valence-corrected chi connectivity index (χ4v) is 1.52. The molecule has 1 heterocycles. The molecule has 0 aliphatic carbocycles. The number of carbonyl (C=O) groups excluding carboxylic acids is 1. The number of nitrogens with zero attached hydrogens (tertiary/aromatic N) is 1. The van der Waals surface area contributed by atoms with Gasteiger partial charge < -0.3 is 10.4 Å². The normalized spacial score (nSPS) is 12.2. The van der Waals surface area contributed by atoms with Crippen LogP contribution in [0.15, 0.2) is 18.7 Å². The summed E-state index contributed by atoms with van der Waals surface area (Å²) in [5.74, 6) is -1.32. The summed E-state index contributed by atoms with van der Waals surface area (Å²) in [5.41, 5.74) is 1.04. The standard InChI is InChI=1S/C13H19N3O3/c1-4-5-6-9(13(18)19)14-12(17)11-7-10(8(2)3)15-16-11/h4,7-9H,1,5-6H2,2-3H3,(H,14,17)(H,15,16)(H,18,19). The third-order valence-corrected chi connectivity index (χ3v) is 2.72. The highest BCUT2D eigenvalue weighted by atomic mass is 16.4. The molecule has 104 valence electrons. The second-order valence-corrected chi connectivity index (χ2v) is 4.59. The Morgan fingerprint density at radius 2 is 2.26 bits per heavy atom. The van der Waals surface area contributed by atoms with Crippen LogP contribution in [0.3, 0.4) is 0 Å². The van der Waals surface area contributed by atoms with Crippen LogP contribution in [-0.4, -0.2) is 33.2 Å². The molecule has 1 amide bonds. The molecular formula is C13H19N3O3. The second kappa shape index (κ2) is 6.72. The van der Waals surface area contributed by atoms with E-state index in [1.165, 1.54) is 0 Å². The molecule has 0 spiro atoms. The molecule has 6 heteroatoms. The molecule has 0 radical (unpaired) electrons. The summed E-state index contributed by atoms with van der Waals surface area (Å²) in [6.45, 7) is 7.47. The first-order chi connectivity index (χ1) is 8.95. The van der Waals surface area contributed by atoms with Gasteiger partial charge in [-0.25, -0.2) is 4.79 Å². The minimum atomic E-state index is -1.06. The van der Waals surface area contributed by atoms with Gasteiger partial charge in [0.2, 0.25) is 0 Å². The van der Waals surface area contributed by atoms with Gasteiger partial charge in [-0.2, -0.15) is 5.10 Å². The summed E-state index contributed by atoms with van der Waals surface area (Å²) >= 11 is 0. The molecule has 0 fully saturated rings. The van der Waals surface area contributed by atoms with Gasteiger partial charge >= 0.3 is 5.97 Å². The van der Waals surface area contributed by atoms with Crippen molar-refractivity contribution in [1.29, 1.82) is 0 Å². The molecule has 0 aliphatic heterocycles. The highest BCUT2D eigenvalue weighted by Gasteiger charge is 2.21. The number of aromatic nitrogens is 2. The molecule has 0 aliphatic rings. The van der Waals surface area contributed by atoms with Gasteiger partial charge in [-0.3, -0.25) is 9.89 Å². The largest absolute Gasteiger partial charge is 0.480 e. The number of hydrogen-bond donors (Lipinski definition) is 3. The van der Waals surface area contributed by atoms with Crippen molar-refractivity contribution in [3.05, 3.63) is 30.1 Å². The summed E-state index contributed by atoms with van der Waals surface area (Å²) in [6.07, 6.45) is 2.45. The van der Waals surface area contributed by atoms with Crippen molar-refractivity contribution in [1.82, 2.24) is 15.5 Å². The van der Waals surface area contributed by atoms with E-state index in [0.29, 0.717) is 12.8 Å². The molecule has 1 unspecified atom stereocenters. The zero-order valence-electron chi connectivity index (χ0n) is 11.1. The van der Waals surface area contributed by atoms with Crippen LogP contribution in [0.1, 0.15) is 48.8 Å². The zero-order valence-corrected chi connectivity index (χ0v) is 11.1. The number of rotatable bonds is 7. The minimum absolute atomic E-state index is 0.202. The molecule has 1 rings (SSSR count). The molecule has 1 aromatic rings. The smallest absolute Gasteiger partial charge is 0.326 e. The maximum Gasteiger partial charge on any atom is 0.326 e. The van der Waals surface area contributed by atoms with E-state index < -0.39 is 17.9 Å². The van der Waals surface area contributed by atoms with Crippen LogP contribution < -0.4 is 5.32 Å². The predicted molar refractivity (Wildman–Crippen MR) is 71.0 cm³/mol. The van der Waals surface area contributed by atoms with Crippen LogP contribution in [0.4, 0.5) is 0 Å². The third-order valence-electron chi connectivity index (χ3n) is 2.72. The average molecular weight is 265 g/mol. The van der Waals surface area contributed by atoms with E-state index in [-0.39, 0.29) is 11.6 Å². The van der Waals surface area contributed by atoms with Gasteiger partial charge in [0.15, 0.2) is 0 Å². The van der Waals surface area contributed by atoms with Gasteiger partial charge in [0.05, 0.1) is 0 Å². The van der Waals surface area contributed by atoms with E-state index in [2.05, 4.69) is 22.1 Å². The van der Waals surface area contributed by atoms with Crippen molar-refractivity contribution in [2.75, 3.05) is 0 Å². The topological polar surface area (TPSA) is 95.1 Å². The first-order valence-corrected chi connectivity index (χ1v) is 6.15. The van der Waals surface area contributed by atoms with Gasteiger partial charge in [0.25, 0.3) is 5.91 Å². The van der Waals surface area contributed by atoms with E-state index in [9.17, 15) is 9.59 Å². The lowest BCUT2D eigenvalue weighted by Gasteiger charge is -2.12. The molecular weight excluding hydrogens is 246 g/mol. The fourth-order valence-electron chi connectivity index (χ4n) is 1.52. The van der Waals surface area contributed by atoms with Crippen LogP contribution >= 0.6 is 0 Å². The Balaban J connectivity index is 2.70. The zero-order chi connectivity index (χ0) is 14.4. The molecule has 1 aromatic heterocycles. The van der Waals surface area contributed by atoms with E-state index in [1.807, 2.05) is 13.8 Å². The lowest BCUT2D eigenvalue weighted by atomic mass is 10.1. The molecule has 1 atom stereocenters. The van der Waals surface area contributed by atoms with Crippen molar-refractivity contribution >= 4 is 11.9 Å².